The van der Waals surface area contributed by atoms with E-state index in [0.29, 0.717) is 22.4 Å². The normalized spacial score (nSPS) is 12.9. The Balaban J connectivity index is 1.34. The average Bonchev–Trinajstić information content (AvgIpc) is 3.34. The molecule has 2 aromatic heterocycles. The van der Waals surface area contributed by atoms with Crippen molar-refractivity contribution in [3.63, 3.8) is 0 Å². The number of hydrogen-bond acceptors (Lipinski definition) is 6. The van der Waals surface area contributed by atoms with Crippen molar-refractivity contribution in [2.75, 3.05) is 24.2 Å². The molecule has 0 radical (unpaired) electrons. The van der Waals surface area contributed by atoms with Crippen molar-refractivity contribution in [3.05, 3.63) is 83.1 Å². The van der Waals surface area contributed by atoms with Crippen LogP contribution >= 0.6 is 11.9 Å². The van der Waals surface area contributed by atoms with Crippen LogP contribution in [0.15, 0.2) is 59.5 Å². The molecular formula is C27H26N4O4S. The highest BCUT2D eigenvalue weighted by atomic mass is 32.2. The lowest BCUT2D eigenvalue weighted by Crippen LogP contribution is -2.37. The monoisotopic (exact) mass is 502 g/mol. The number of carbonyl (C=O) groups is 3. The van der Waals surface area contributed by atoms with Crippen molar-refractivity contribution in [2.24, 2.45) is 0 Å². The van der Waals surface area contributed by atoms with E-state index < -0.39 is 0 Å². The number of piperidine rings is 1. The Hall–Kier alpha value is -4.03. The molecule has 9 heteroatoms. The number of anilines is 1. The van der Waals surface area contributed by atoms with Gasteiger partial charge < -0.3 is 14.6 Å². The zero-order valence-electron chi connectivity index (χ0n) is 19.9. The molecule has 0 saturated carbocycles. The third-order valence-corrected chi connectivity index (χ3v) is 6.33. The molecule has 0 unspecified atom stereocenters. The van der Waals surface area contributed by atoms with E-state index >= 15 is 0 Å². The number of nitrogens with zero attached hydrogens (tertiary/aromatic N) is 2. The number of pyridine rings is 1. The molecule has 0 spiro atoms. The Labute approximate surface area is 214 Å². The number of aromatic nitrogens is 1. The lowest BCUT2D eigenvalue weighted by molar-refractivity contribution is -0.129. The summed E-state index contributed by atoms with van der Waals surface area (Å²) in [6.07, 6.45) is 7.73. The molecule has 1 aliphatic heterocycles. The first-order valence-corrected chi connectivity index (χ1v) is 12.6. The minimum Gasteiger partial charge on any atom is -0.459 e. The van der Waals surface area contributed by atoms with E-state index in [2.05, 4.69) is 26.9 Å². The van der Waals surface area contributed by atoms with E-state index in [-0.39, 0.29) is 29.2 Å². The molecule has 36 heavy (non-hydrogen) atoms. The minimum atomic E-state index is -0.333. The van der Waals surface area contributed by atoms with Gasteiger partial charge in [0.15, 0.2) is 5.76 Å². The second-order valence-electron chi connectivity index (χ2n) is 8.34. The molecule has 2 N–H and O–H groups in total. The van der Waals surface area contributed by atoms with Crippen LogP contribution in [0.25, 0.3) is 0 Å². The zero-order chi connectivity index (χ0) is 25.3. The smallest absolute Gasteiger partial charge is 0.291 e. The van der Waals surface area contributed by atoms with Gasteiger partial charge in [-0.1, -0.05) is 17.9 Å². The molecule has 3 heterocycles. The van der Waals surface area contributed by atoms with Gasteiger partial charge in [-0.3, -0.25) is 24.1 Å². The number of furan rings is 1. The number of aryl methyl sites for hydroxylation is 1. The van der Waals surface area contributed by atoms with E-state index in [1.54, 1.807) is 43.5 Å². The molecule has 0 bridgehead atoms. The number of amides is 3. The third kappa shape index (κ3) is 6.77. The van der Waals surface area contributed by atoms with Crippen molar-refractivity contribution in [1.29, 1.82) is 0 Å². The summed E-state index contributed by atoms with van der Waals surface area (Å²) in [5.41, 5.74) is 2.95. The van der Waals surface area contributed by atoms with Crippen molar-refractivity contribution in [2.45, 2.75) is 26.2 Å². The summed E-state index contributed by atoms with van der Waals surface area (Å²) in [4.78, 5) is 43.1. The minimum absolute atomic E-state index is 0.0375. The van der Waals surface area contributed by atoms with E-state index in [1.807, 2.05) is 11.0 Å². The molecule has 0 aliphatic carbocycles. The highest BCUT2D eigenvalue weighted by Crippen LogP contribution is 2.15. The predicted molar refractivity (Wildman–Crippen MR) is 138 cm³/mol. The van der Waals surface area contributed by atoms with Gasteiger partial charge in [0.05, 0.1) is 17.6 Å². The summed E-state index contributed by atoms with van der Waals surface area (Å²) in [6, 6.07) is 10.5. The van der Waals surface area contributed by atoms with Crippen LogP contribution in [0.5, 0.6) is 0 Å². The number of hydrogen-bond donors (Lipinski definition) is 2. The van der Waals surface area contributed by atoms with Gasteiger partial charge in [0.1, 0.15) is 0 Å². The molecular weight excluding hydrogens is 476 g/mol. The molecule has 4 rings (SSSR count). The molecule has 3 amide bonds. The van der Waals surface area contributed by atoms with Gasteiger partial charge in [-0.2, -0.15) is 0 Å². The van der Waals surface area contributed by atoms with Crippen LogP contribution in [-0.2, 0) is 4.79 Å². The van der Waals surface area contributed by atoms with Gasteiger partial charge in [0.2, 0.25) is 5.91 Å². The van der Waals surface area contributed by atoms with Crippen LogP contribution in [-0.4, -0.2) is 46.4 Å². The van der Waals surface area contributed by atoms with E-state index in [1.165, 1.54) is 12.5 Å². The summed E-state index contributed by atoms with van der Waals surface area (Å²) in [6.45, 7) is 3.38. The average molecular weight is 503 g/mol. The maximum absolute atomic E-state index is 12.5. The summed E-state index contributed by atoms with van der Waals surface area (Å²) < 4.78 is 7.93. The largest absolute Gasteiger partial charge is 0.459 e. The first-order valence-electron chi connectivity index (χ1n) is 11.6. The Morgan fingerprint density at radius 2 is 1.83 bits per heavy atom. The number of nitrogens with one attached hydrogen (secondary N) is 2. The first-order chi connectivity index (χ1) is 17.5. The van der Waals surface area contributed by atoms with Gasteiger partial charge in [-0.25, -0.2) is 0 Å². The number of likely N-dealkylation sites (tertiary alicyclic amines) is 1. The fourth-order valence-corrected chi connectivity index (χ4v) is 4.33. The molecule has 0 atom stereocenters. The van der Waals surface area contributed by atoms with Crippen LogP contribution in [0.1, 0.15) is 56.9 Å². The fourth-order valence-electron chi connectivity index (χ4n) is 3.70. The lowest BCUT2D eigenvalue weighted by atomic mass is 10.1. The van der Waals surface area contributed by atoms with Gasteiger partial charge >= 0.3 is 0 Å². The summed E-state index contributed by atoms with van der Waals surface area (Å²) in [5, 5.41) is 2.80. The Bertz CT molecular complexity index is 1320. The second kappa shape index (κ2) is 12.1. The standard InChI is InChI=1S/C27H26N4O4S/c1-19-10-13-35-25(19)27(34)29-23-7-5-6-20(15-23)8-9-21-14-22(17-28-16-21)26(33)30-36-18-24(32)31-11-3-2-4-12-31/h5-7,10,13-17H,2-4,11-12,18H2,1H3,(H,29,34)(H,30,33). The van der Waals surface area contributed by atoms with Crippen LogP contribution in [0, 0.1) is 18.8 Å². The number of rotatable bonds is 6. The third-order valence-electron chi connectivity index (χ3n) is 5.61. The molecule has 1 saturated heterocycles. The fraction of sp³-hybridized carbons (Fsp3) is 0.259. The Morgan fingerprint density at radius 3 is 2.61 bits per heavy atom. The molecule has 184 valence electrons. The second-order valence-corrected chi connectivity index (χ2v) is 9.12. The van der Waals surface area contributed by atoms with Gasteiger partial charge in [0, 0.05) is 47.9 Å². The summed E-state index contributed by atoms with van der Waals surface area (Å²) in [7, 11) is 0. The highest BCUT2D eigenvalue weighted by Gasteiger charge is 2.17. The van der Waals surface area contributed by atoms with E-state index in [0.717, 1.165) is 49.9 Å². The first kappa shape index (κ1) is 25.1. The molecule has 1 aromatic carbocycles. The lowest BCUT2D eigenvalue weighted by Gasteiger charge is -2.26. The maximum Gasteiger partial charge on any atom is 0.291 e. The predicted octanol–water partition coefficient (Wildman–Crippen LogP) is 4.03. The van der Waals surface area contributed by atoms with Gasteiger partial charge in [0.25, 0.3) is 11.8 Å². The summed E-state index contributed by atoms with van der Waals surface area (Å²) >= 11 is 1.08. The van der Waals surface area contributed by atoms with Crippen molar-refractivity contribution < 1.29 is 18.8 Å². The SMILES string of the molecule is Cc1ccoc1C(=O)Nc1cccc(C#Cc2cncc(C(=O)NSCC(=O)N3CCCCC3)c2)c1. The molecule has 3 aromatic rings. The summed E-state index contributed by atoms with van der Waals surface area (Å²) in [5.74, 6) is 5.87. The van der Waals surface area contributed by atoms with Crippen LogP contribution in [0.4, 0.5) is 5.69 Å². The molecule has 1 aliphatic rings. The van der Waals surface area contributed by atoms with Crippen LogP contribution in [0.3, 0.4) is 0 Å². The van der Waals surface area contributed by atoms with Gasteiger partial charge in [-0.15, -0.1) is 0 Å². The number of benzene rings is 1. The Morgan fingerprint density at radius 1 is 1.03 bits per heavy atom. The quantitative estimate of drug-likeness (QED) is 0.390. The van der Waals surface area contributed by atoms with Crippen molar-refractivity contribution in [1.82, 2.24) is 14.6 Å². The van der Waals surface area contributed by atoms with Gasteiger partial charge in [-0.05, 0) is 68.5 Å². The molecule has 8 nitrogen and oxygen atoms in total. The van der Waals surface area contributed by atoms with E-state index in [9.17, 15) is 14.4 Å². The topological polar surface area (TPSA) is 105 Å². The van der Waals surface area contributed by atoms with Crippen LogP contribution < -0.4 is 10.0 Å². The maximum atomic E-state index is 12.5. The Kier molecular flexibility index (Phi) is 8.42. The van der Waals surface area contributed by atoms with Crippen molar-refractivity contribution in [3.8, 4) is 11.8 Å². The highest BCUT2D eigenvalue weighted by molar-refractivity contribution is 7.98. The zero-order valence-corrected chi connectivity index (χ0v) is 20.7. The van der Waals surface area contributed by atoms with E-state index in [4.69, 9.17) is 4.42 Å². The van der Waals surface area contributed by atoms with Crippen molar-refractivity contribution >= 4 is 35.4 Å². The number of carbonyl (C=O) groups excluding carboxylic acids is 3. The van der Waals surface area contributed by atoms with Crippen LogP contribution in [0.2, 0.25) is 0 Å². The molecule has 1 fully saturated rings.